The first kappa shape index (κ1) is 12.4. The number of carbonyl (C=O) groups is 1. The van der Waals surface area contributed by atoms with Crippen molar-refractivity contribution < 1.29 is 9.21 Å². The number of nitrogen functional groups attached to an aromatic ring is 1. The number of rotatable bonds is 3. The Bertz CT molecular complexity index is 832. The van der Waals surface area contributed by atoms with Gasteiger partial charge in [-0.05, 0) is 18.2 Å². The zero-order valence-electron chi connectivity index (χ0n) is 10.2. The number of hydrogen-bond acceptors (Lipinski definition) is 6. The smallest absolute Gasteiger partial charge is 0.408 e. The Morgan fingerprint density at radius 3 is 3.10 bits per heavy atom. The predicted octanol–water partition coefficient (Wildman–Crippen LogP) is 1.34. The van der Waals surface area contributed by atoms with E-state index in [1.807, 2.05) is 0 Å². The second-order valence-electron chi connectivity index (χ2n) is 4.13. The Morgan fingerprint density at radius 1 is 1.50 bits per heavy atom. The van der Waals surface area contributed by atoms with Crippen LogP contribution in [-0.2, 0) is 11.2 Å². The van der Waals surface area contributed by atoms with E-state index in [0.717, 1.165) is 0 Å². The number of carbonyl (C=O) groups excluding carboxylic acids is 1. The summed E-state index contributed by atoms with van der Waals surface area (Å²) in [6.07, 6.45) is 0.146. The van der Waals surface area contributed by atoms with Crippen LogP contribution in [0.1, 0.15) is 5.69 Å². The first-order valence-electron chi connectivity index (χ1n) is 5.73. The monoisotopic (exact) mass is 290 g/mol. The highest BCUT2D eigenvalue weighted by atomic mass is 32.1. The Hall–Kier alpha value is -2.61. The Labute approximate surface area is 116 Å². The molecule has 0 saturated heterocycles. The van der Waals surface area contributed by atoms with E-state index in [0.29, 0.717) is 27.6 Å². The SMILES string of the molecule is Nc1nc(CC(=O)Nc2ccc3oc(=O)[nH]c3c2)cs1. The lowest BCUT2D eigenvalue weighted by Gasteiger charge is -2.03. The Morgan fingerprint density at radius 2 is 2.35 bits per heavy atom. The van der Waals surface area contributed by atoms with Gasteiger partial charge < -0.3 is 15.5 Å². The van der Waals surface area contributed by atoms with Crippen LogP contribution in [-0.4, -0.2) is 15.9 Å². The summed E-state index contributed by atoms with van der Waals surface area (Å²) in [7, 11) is 0. The van der Waals surface area contributed by atoms with Crippen LogP contribution in [0.25, 0.3) is 11.1 Å². The highest BCUT2D eigenvalue weighted by molar-refractivity contribution is 7.13. The van der Waals surface area contributed by atoms with Crippen LogP contribution in [0.3, 0.4) is 0 Å². The summed E-state index contributed by atoms with van der Waals surface area (Å²) in [5.74, 6) is -0.734. The Kier molecular flexibility index (Phi) is 2.99. The minimum Gasteiger partial charge on any atom is -0.408 e. The van der Waals surface area contributed by atoms with Crippen LogP contribution in [0, 0.1) is 0 Å². The standard InChI is InChI=1S/C12H10N4O3S/c13-11-15-7(5-20-11)4-10(17)14-6-1-2-9-8(3-6)16-12(18)19-9/h1-3,5H,4H2,(H2,13,15)(H,14,17)(H,16,18). The van der Waals surface area contributed by atoms with Crippen LogP contribution >= 0.6 is 11.3 Å². The van der Waals surface area contributed by atoms with Gasteiger partial charge in [0.25, 0.3) is 0 Å². The number of hydrogen-bond donors (Lipinski definition) is 3. The van der Waals surface area contributed by atoms with E-state index in [2.05, 4.69) is 15.3 Å². The van der Waals surface area contributed by atoms with Crippen molar-refractivity contribution in [1.29, 1.82) is 0 Å². The number of fused-ring (bicyclic) bond motifs is 1. The fourth-order valence-electron chi connectivity index (χ4n) is 1.80. The molecule has 0 unspecified atom stereocenters. The fraction of sp³-hybridized carbons (Fsp3) is 0.0833. The lowest BCUT2D eigenvalue weighted by atomic mass is 10.2. The van der Waals surface area contributed by atoms with Crippen molar-refractivity contribution in [2.24, 2.45) is 0 Å². The van der Waals surface area contributed by atoms with Crippen molar-refractivity contribution in [3.8, 4) is 0 Å². The molecule has 0 atom stereocenters. The summed E-state index contributed by atoms with van der Waals surface area (Å²) in [6, 6.07) is 4.91. The van der Waals surface area contributed by atoms with Crippen molar-refractivity contribution in [3.63, 3.8) is 0 Å². The van der Waals surface area contributed by atoms with Gasteiger partial charge in [-0.25, -0.2) is 9.78 Å². The first-order chi connectivity index (χ1) is 9.60. The first-order valence-corrected chi connectivity index (χ1v) is 6.61. The number of nitrogens with two attached hydrogens (primary N) is 1. The molecule has 0 radical (unpaired) electrons. The number of H-pyrrole nitrogens is 1. The van der Waals surface area contributed by atoms with Gasteiger partial charge in [0.05, 0.1) is 17.6 Å². The molecular weight excluding hydrogens is 280 g/mol. The molecule has 0 aliphatic carbocycles. The van der Waals surface area contributed by atoms with Crippen LogP contribution < -0.4 is 16.8 Å². The molecule has 0 saturated carbocycles. The highest BCUT2D eigenvalue weighted by Gasteiger charge is 2.08. The van der Waals surface area contributed by atoms with Crippen molar-refractivity contribution in [2.45, 2.75) is 6.42 Å². The highest BCUT2D eigenvalue weighted by Crippen LogP contribution is 2.17. The summed E-state index contributed by atoms with van der Waals surface area (Å²) < 4.78 is 4.88. The van der Waals surface area contributed by atoms with Gasteiger partial charge in [-0.1, -0.05) is 0 Å². The predicted molar refractivity (Wildman–Crippen MR) is 75.7 cm³/mol. The molecule has 1 amide bonds. The number of nitrogens with zero attached hydrogens (tertiary/aromatic N) is 1. The van der Waals surface area contributed by atoms with E-state index >= 15 is 0 Å². The van der Waals surface area contributed by atoms with Gasteiger partial charge in [-0.3, -0.25) is 9.78 Å². The summed E-state index contributed by atoms with van der Waals surface area (Å²) in [5, 5.41) is 4.90. The lowest BCUT2D eigenvalue weighted by Crippen LogP contribution is -2.14. The summed E-state index contributed by atoms with van der Waals surface area (Å²) >= 11 is 1.29. The molecule has 0 aliphatic rings. The molecule has 2 heterocycles. The van der Waals surface area contributed by atoms with E-state index in [4.69, 9.17) is 10.2 Å². The third-order valence-electron chi connectivity index (χ3n) is 2.61. The maximum absolute atomic E-state index is 11.8. The van der Waals surface area contributed by atoms with Crippen molar-refractivity contribution in [2.75, 3.05) is 11.1 Å². The average Bonchev–Trinajstić information content (AvgIpc) is 2.93. The molecule has 0 aliphatic heterocycles. The van der Waals surface area contributed by atoms with E-state index in [9.17, 15) is 9.59 Å². The maximum Gasteiger partial charge on any atom is 0.417 e. The molecular formula is C12H10N4O3S. The molecule has 102 valence electrons. The third kappa shape index (κ3) is 2.54. The van der Waals surface area contributed by atoms with Gasteiger partial charge in [0.2, 0.25) is 5.91 Å². The van der Waals surface area contributed by atoms with E-state index in [1.165, 1.54) is 11.3 Å². The van der Waals surface area contributed by atoms with Crippen LogP contribution in [0.5, 0.6) is 0 Å². The zero-order chi connectivity index (χ0) is 14.1. The topological polar surface area (TPSA) is 114 Å². The van der Waals surface area contributed by atoms with Crippen molar-refractivity contribution in [1.82, 2.24) is 9.97 Å². The number of aromatic amines is 1. The summed E-state index contributed by atoms with van der Waals surface area (Å²) in [4.78, 5) is 29.4. The van der Waals surface area contributed by atoms with Crippen LogP contribution in [0.2, 0.25) is 0 Å². The van der Waals surface area contributed by atoms with E-state index < -0.39 is 5.76 Å². The minimum absolute atomic E-state index is 0.146. The summed E-state index contributed by atoms with van der Waals surface area (Å²) in [5.41, 5.74) is 7.68. The van der Waals surface area contributed by atoms with Gasteiger partial charge in [-0.2, -0.15) is 0 Å². The Balaban J connectivity index is 1.75. The van der Waals surface area contributed by atoms with E-state index in [-0.39, 0.29) is 12.3 Å². The maximum atomic E-state index is 11.8. The fourth-order valence-corrected chi connectivity index (χ4v) is 2.37. The zero-order valence-corrected chi connectivity index (χ0v) is 11.0. The number of aromatic nitrogens is 2. The number of benzene rings is 1. The van der Waals surface area contributed by atoms with Gasteiger partial charge in [0.1, 0.15) is 0 Å². The number of oxazole rings is 1. The molecule has 1 aromatic carbocycles. The normalized spacial score (nSPS) is 10.8. The molecule has 20 heavy (non-hydrogen) atoms. The van der Waals surface area contributed by atoms with Crippen LogP contribution in [0.4, 0.5) is 10.8 Å². The van der Waals surface area contributed by atoms with Crippen LogP contribution in [0.15, 0.2) is 32.8 Å². The lowest BCUT2D eigenvalue weighted by molar-refractivity contribution is -0.115. The van der Waals surface area contributed by atoms with Gasteiger partial charge in [-0.15, -0.1) is 11.3 Å². The molecule has 4 N–H and O–H groups in total. The second-order valence-corrected chi connectivity index (χ2v) is 5.02. The van der Waals surface area contributed by atoms with Gasteiger partial charge in [0, 0.05) is 11.1 Å². The van der Waals surface area contributed by atoms with Gasteiger partial charge in [0.15, 0.2) is 10.7 Å². The molecule has 3 aromatic rings. The molecule has 8 heteroatoms. The van der Waals surface area contributed by atoms with Gasteiger partial charge >= 0.3 is 5.76 Å². The quantitative estimate of drug-likeness (QED) is 0.673. The molecule has 2 aromatic heterocycles. The third-order valence-corrected chi connectivity index (χ3v) is 3.34. The number of nitrogens with one attached hydrogen (secondary N) is 2. The number of amides is 1. The summed E-state index contributed by atoms with van der Waals surface area (Å²) in [6.45, 7) is 0. The largest absolute Gasteiger partial charge is 0.417 e. The van der Waals surface area contributed by atoms with Crippen molar-refractivity contribution >= 4 is 39.2 Å². The number of thiazole rings is 1. The molecule has 0 spiro atoms. The molecule has 0 fully saturated rings. The average molecular weight is 290 g/mol. The second kappa shape index (κ2) is 4.82. The molecule has 7 nitrogen and oxygen atoms in total. The van der Waals surface area contributed by atoms with Crippen molar-refractivity contribution in [3.05, 3.63) is 39.8 Å². The number of anilines is 2. The minimum atomic E-state index is -0.526. The van der Waals surface area contributed by atoms with E-state index in [1.54, 1.807) is 23.6 Å². The molecule has 0 bridgehead atoms. The molecule has 3 rings (SSSR count).